The molecule has 7 nitrogen and oxygen atoms in total. The Kier molecular flexibility index (Phi) is 7.66. The van der Waals surface area contributed by atoms with E-state index in [9.17, 15) is 27.2 Å². The predicted molar refractivity (Wildman–Crippen MR) is 110 cm³/mol. The smallest absolute Gasteiger partial charge is 0.387 e. The van der Waals surface area contributed by atoms with Crippen molar-refractivity contribution in [2.75, 3.05) is 19.6 Å². The maximum atomic E-state index is 14.9. The number of carbonyl (C=O) groups excluding carboxylic acids is 2. The number of urea groups is 1. The summed E-state index contributed by atoms with van der Waals surface area (Å²) in [6.45, 7) is -2.63. The monoisotopic (exact) mass is 470 g/mol. The number of likely N-dealkylation sites (tertiary alicyclic amines) is 1. The van der Waals surface area contributed by atoms with Crippen molar-refractivity contribution in [3.63, 3.8) is 0 Å². The van der Waals surface area contributed by atoms with Crippen molar-refractivity contribution in [3.8, 4) is 11.8 Å². The Bertz CT molecular complexity index is 892. The Balaban J connectivity index is 1.67. The molecule has 2 N–H and O–H groups in total. The quantitative estimate of drug-likeness (QED) is 0.427. The summed E-state index contributed by atoms with van der Waals surface area (Å²) in [6.07, 6.45) is 1.89. The zero-order valence-corrected chi connectivity index (χ0v) is 18.0. The number of carbonyl (C=O) groups is 2. The number of piperidine rings is 1. The molecule has 1 aliphatic carbocycles. The maximum absolute atomic E-state index is 14.9. The van der Waals surface area contributed by atoms with Crippen LogP contribution in [-0.2, 0) is 11.2 Å². The van der Waals surface area contributed by atoms with Crippen LogP contribution in [0.4, 0.5) is 22.4 Å². The van der Waals surface area contributed by atoms with E-state index in [1.165, 1.54) is 23.1 Å². The molecule has 11 heteroatoms. The molecule has 1 aliphatic heterocycles. The number of hydrogen-bond donors (Lipinski definition) is 2. The third kappa shape index (κ3) is 6.97. The number of hydrogen-bond acceptors (Lipinski definition) is 4. The van der Waals surface area contributed by atoms with E-state index in [1.54, 1.807) is 6.07 Å². The van der Waals surface area contributed by atoms with Gasteiger partial charge in [0.25, 0.3) is 5.92 Å². The lowest BCUT2D eigenvalue weighted by Crippen LogP contribution is -2.54. The van der Waals surface area contributed by atoms with Crippen LogP contribution < -0.4 is 15.4 Å². The molecular weight excluding hydrogens is 444 g/mol. The van der Waals surface area contributed by atoms with E-state index in [4.69, 9.17) is 5.26 Å². The van der Waals surface area contributed by atoms with Crippen LogP contribution in [0.2, 0.25) is 0 Å². The van der Waals surface area contributed by atoms with Crippen LogP contribution in [0.5, 0.6) is 5.75 Å². The Labute approximate surface area is 189 Å². The van der Waals surface area contributed by atoms with Crippen LogP contribution in [-0.4, -0.2) is 55.0 Å². The Morgan fingerprint density at radius 2 is 1.85 bits per heavy atom. The van der Waals surface area contributed by atoms with E-state index in [-0.39, 0.29) is 11.3 Å². The number of nitrogens with zero attached hydrogens (tertiary/aromatic N) is 2. The molecule has 1 saturated heterocycles. The first-order chi connectivity index (χ1) is 15.6. The summed E-state index contributed by atoms with van der Waals surface area (Å²) < 4.78 is 59.3. The van der Waals surface area contributed by atoms with E-state index in [1.807, 2.05) is 0 Å². The topological polar surface area (TPSA) is 94.5 Å². The van der Waals surface area contributed by atoms with Crippen LogP contribution in [0.3, 0.4) is 0 Å². The van der Waals surface area contributed by atoms with Gasteiger partial charge in [0.05, 0.1) is 6.07 Å². The van der Waals surface area contributed by atoms with Crippen LogP contribution in [0.15, 0.2) is 24.3 Å². The minimum atomic E-state index is -3.54. The lowest BCUT2D eigenvalue weighted by molar-refractivity contribution is -0.125. The van der Waals surface area contributed by atoms with Gasteiger partial charge in [0.2, 0.25) is 5.91 Å². The number of halogens is 4. The molecule has 0 bridgehead atoms. The van der Waals surface area contributed by atoms with Crippen molar-refractivity contribution in [2.24, 2.45) is 5.41 Å². The van der Waals surface area contributed by atoms with Gasteiger partial charge in [-0.15, -0.1) is 0 Å². The lowest BCUT2D eigenvalue weighted by Gasteiger charge is -2.33. The fourth-order valence-electron chi connectivity index (χ4n) is 4.07. The van der Waals surface area contributed by atoms with Gasteiger partial charge < -0.3 is 20.3 Å². The molecule has 3 rings (SSSR count). The molecule has 3 amide bonds. The van der Waals surface area contributed by atoms with Gasteiger partial charge in [-0.2, -0.15) is 14.0 Å². The van der Waals surface area contributed by atoms with Crippen molar-refractivity contribution in [1.82, 2.24) is 15.5 Å². The van der Waals surface area contributed by atoms with Crippen LogP contribution in [0.25, 0.3) is 0 Å². The molecule has 2 fully saturated rings. The number of alkyl halides is 4. The highest BCUT2D eigenvalue weighted by molar-refractivity contribution is 5.87. The first-order valence-electron chi connectivity index (χ1n) is 10.7. The first-order valence-corrected chi connectivity index (χ1v) is 10.7. The normalized spacial score (nSPS) is 17.9. The SMILES string of the molecule is N#CCNC(=O)C(CC(F)(F)Cc1ccccc1OC(F)F)NC(=O)N1CCC2(CC1)CC2. The minimum absolute atomic E-state index is 0.156. The number of benzene rings is 1. The van der Waals surface area contributed by atoms with Gasteiger partial charge in [0.1, 0.15) is 18.3 Å². The second-order valence-corrected chi connectivity index (χ2v) is 8.59. The zero-order valence-electron chi connectivity index (χ0n) is 18.0. The molecule has 33 heavy (non-hydrogen) atoms. The van der Waals surface area contributed by atoms with E-state index in [2.05, 4.69) is 15.4 Å². The second-order valence-electron chi connectivity index (χ2n) is 8.59. The fraction of sp³-hybridized carbons (Fsp3) is 0.591. The highest BCUT2D eigenvalue weighted by atomic mass is 19.3. The van der Waals surface area contributed by atoms with Crippen LogP contribution >= 0.6 is 0 Å². The highest BCUT2D eigenvalue weighted by Gasteiger charge is 2.45. The molecule has 180 valence electrons. The lowest BCUT2D eigenvalue weighted by atomic mass is 9.94. The summed E-state index contributed by atoms with van der Waals surface area (Å²) in [6, 6.07) is 4.62. The van der Waals surface area contributed by atoms with Crippen LogP contribution in [0.1, 0.15) is 37.7 Å². The third-order valence-corrected chi connectivity index (χ3v) is 6.16. The molecule has 0 radical (unpaired) electrons. The Hall–Kier alpha value is -3.03. The summed E-state index contributed by atoms with van der Waals surface area (Å²) in [7, 11) is 0. The van der Waals surface area contributed by atoms with Crippen LogP contribution in [0, 0.1) is 16.7 Å². The fourth-order valence-corrected chi connectivity index (χ4v) is 4.07. The summed E-state index contributed by atoms with van der Waals surface area (Å²) in [4.78, 5) is 26.6. The molecule has 1 heterocycles. The molecule has 1 aromatic carbocycles. The van der Waals surface area contributed by atoms with Gasteiger partial charge in [-0.05, 0) is 37.2 Å². The average molecular weight is 470 g/mol. The molecular formula is C22H26F4N4O3. The molecule has 2 aliphatic rings. The zero-order chi connectivity index (χ0) is 24.1. The number of nitrogens with one attached hydrogen (secondary N) is 2. The third-order valence-electron chi connectivity index (χ3n) is 6.16. The largest absolute Gasteiger partial charge is 0.435 e. The van der Waals surface area contributed by atoms with E-state index in [0.717, 1.165) is 31.7 Å². The van der Waals surface area contributed by atoms with Gasteiger partial charge in [-0.1, -0.05) is 18.2 Å². The summed E-state index contributed by atoms with van der Waals surface area (Å²) in [5.41, 5.74) is 0.150. The van der Waals surface area contributed by atoms with Crippen molar-refractivity contribution in [2.45, 2.75) is 57.1 Å². The van der Waals surface area contributed by atoms with Gasteiger partial charge >= 0.3 is 12.6 Å². The standard InChI is InChI=1S/C22H26F4N4O3/c23-19(24)33-17-4-2-1-3-15(17)13-22(25,26)14-16(18(31)28-10-9-27)29-20(32)30-11-7-21(5-6-21)8-12-30/h1-4,16,19H,5-8,10-14H2,(H,28,31)(H,29,32). The van der Waals surface area contributed by atoms with E-state index < -0.39 is 49.9 Å². The van der Waals surface area contributed by atoms with Crippen molar-refractivity contribution in [3.05, 3.63) is 29.8 Å². The Morgan fingerprint density at radius 1 is 1.18 bits per heavy atom. The minimum Gasteiger partial charge on any atom is -0.435 e. The average Bonchev–Trinajstić information content (AvgIpc) is 3.51. The first kappa shape index (κ1) is 24.6. The number of amides is 3. The van der Waals surface area contributed by atoms with Gasteiger partial charge in [-0.25, -0.2) is 13.6 Å². The number of para-hydroxylation sites is 1. The molecule has 1 unspecified atom stereocenters. The van der Waals surface area contributed by atoms with E-state index >= 15 is 0 Å². The van der Waals surface area contributed by atoms with Crippen molar-refractivity contribution >= 4 is 11.9 Å². The second kappa shape index (κ2) is 10.3. The summed E-state index contributed by atoms with van der Waals surface area (Å²) >= 11 is 0. The summed E-state index contributed by atoms with van der Waals surface area (Å²) in [5.74, 6) is -4.84. The number of ether oxygens (including phenoxy) is 1. The maximum Gasteiger partial charge on any atom is 0.387 e. The highest BCUT2D eigenvalue weighted by Crippen LogP contribution is 2.53. The molecule has 1 atom stereocenters. The molecule has 1 spiro atoms. The summed E-state index contributed by atoms with van der Waals surface area (Å²) in [5, 5.41) is 13.2. The van der Waals surface area contributed by atoms with Crippen molar-refractivity contribution < 1.29 is 31.9 Å². The van der Waals surface area contributed by atoms with Gasteiger partial charge in [0, 0.05) is 31.5 Å². The van der Waals surface area contributed by atoms with E-state index in [0.29, 0.717) is 18.5 Å². The van der Waals surface area contributed by atoms with Crippen molar-refractivity contribution in [1.29, 1.82) is 5.26 Å². The predicted octanol–water partition coefficient (Wildman–Crippen LogP) is 3.45. The molecule has 1 saturated carbocycles. The molecule has 0 aromatic heterocycles. The van der Waals surface area contributed by atoms with Gasteiger partial charge in [0.15, 0.2) is 0 Å². The number of rotatable bonds is 9. The number of nitriles is 1. The molecule has 1 aromatic rings. The Morgan fingerprint density at radius 3 is 2.45 bits per heavy atom. The van der Waals surface area contributed by atoms with Gasteiger partial charge in [-0.3, -0.25) is 4.79 Å².